The van der Waals surface area contributed by atoms with Gasteiger partial charge in [-0.2, -0.15) is 5.26 Å². The van der Waals surface area contributed by atoms with Crippen molar-refractivity contribution in [2.75, 3.05) is 32.6 Å². The molecule has 0 radical (unpaired) electrons. The van der Waals surface area contributed by atoms with Gasteiger partial charge in [0.15, 0.2) is 0 Å². The molecule has 1 fully saturated rings. The van der Waals surface area contributed by atoms with Crippen molar-refractivity contribution in [1.82, 2.24) is 4.90 Å². The maximum atomic E-state index is 11.9. The van der Waals surface area contributed by atoms with Crippen molar-refractivity contribution in [3.63, 3.8) is 0 Å². The van der Waals surface area contributed by atoms with Crippen LogP contribution in [0.4, 0.5) is 0 Å². The molecule has 0 saturated carbocycles. The predicted molar refractivity (Wildman–Crippen MR) is 73.4 cm³/mol. The highest BCUT2D eigenvalue weighted by Gasteiger charge is 2.35. The first-order valence-electron chi connectivity index (χ1n) is 6.49. The molecule has 1 rings (SSSR count). The van der Waals surface area contributed by atoms with Gasteiger partial charge in [0, 0.05) is 32.7 Å². The lowest BCUT2D eigenvalue weighted by Gasteiger charge is -2.36. The second kappa shape index (κ2) is 7.65. The van der Waals surface area contributed by atoms with Gasteiger partial charge < -0.3 is 9.64 Å². The third-order valence-corrected chi connectivity index (χ3v) is 4.68. The number of nitrogens with zero attached hydrogens (tertiary/aromatic N) is 2. The molecule has 1 heterocycles. The molecule has 0 aromatic heterocycles. The summed E-state index contributed by atoms with van der Waals surface area (Å²) in [6.07, 6.45) is 4.88. The van der Waals surface area contributed by atoms with E-state index in [0.29, 0.717) is 32.7 Å². The van der Waals surface area contributed by atoms with Crippen molar-refractivity contribution in [3.8, 4) is 6.07 Å². The van der Waals surface area contributed by atoms with Crippen molar-refractivity contribution in [3.05, 3.63) is 0 Å². The Morgan fingerprint density at radius 3 is 2.67 bits per heavy atom. The van der Waals surface area contributed by atoms with Gasteiger partial charge >= 0.3 is 0 Å². The molecule has 0 atom stereocenters. The average molecular weight is 270 g/mol. The van der Waals surface area contributed by atoms with Crippen LogP contribution >= 0.6 is 11.8 Å². The van der Waals surface area contributed by atoms with E-state index < -0.39 is 0 Å². The molecule has 0 aromatic rings. The number of rotatable bonds is 6. The topological polar surface area (TPSA) is 53.3 Å². The minimum Gasteiger partial charge on any atom is -0.382 e. The van der Waals surface area contributed by atoms with E-state index in [1.807, 2.05) is 18.1 Å². The minimum absolute atomic E-state index is 0.197. The summed E-state index contributed by atoms with van der Waals surface area (Å²) in [5.74, 6) is 0.197. The number of piperidine rings is 1. The van der Waals surface area contributed by atoms with E-state index in [4.69, 9.17) is 4.74 Å². The molecule has 1 saturated heterocycles. The quantitative estimate of drug-likeness (QED) is 0.693. The molecule has 1 amide bonds. The zero-order valence-electron chi connectivity index (χ0n) is 11.3. The van der Waals surface area contributed by atoms with Crippen molar-refractivity contribution >= 4 is 17.7 Å². The van der Waals surface area contributed by atoms with Gasteiger partial charge in [0.2, 0.25) is 5.91 Å². The lowest BCUT2D eigenvalue weighted by atomic mass is 9.97. The molecule has 1 aliphatic rings. The normalized spacial score (nSPS) is 18.4. The smallest absolute Gasteiger partial charge is 0.222 e. The summed E-state index contributed by atoms with van der Waals surface area (Å²) in [4.78, 5) is 13.8. The molecule has 18 heavy (non-hydrogen) atoms. The Balaban J connectivity index is 2.30. The maximum Gasteiger partial charge on any atom is 0.222 e. The lowest BCUT2D eigenvalue weighted by Crippen LogP contribution is -2.44. The van der Waals surface area contributed by atoms with Gasteiger partial charge in [-0.05, 0) is 32.4 Å². The average Bonchev–Trinajstić information content (AvgIpc) is 2.43. The molecule has 4 nitrogen and oxygen atoms in total. The summed E-state index contributed by atoms with van der Waals surface area (Å²) in [5, 5.41) is 9.18. The summed E-state index contributed by atoms with van der Waals surface area (Å²) in [6, 6.07) is 2.39. The van der Waals surface area contributed by atoms with Crippen molar-refractivity contribution in [2.45, 2.75) is 37.4 Å². The number of ether oxygens (including phenoxy) is 1. The number of hydrogen-bond donors (Lipinski definition) is 0. The van der Waals surface area contributed by atoms with Gasteiger partial charge in [0.1, 0.15) is 4.75 Å². The van der Waals surface area contributed by atoms with E-state index in [0.717, 1.165) is 19.3 Å². The summed E-state index contributed by atoms with van der Waals surface area (Å²) >= 11 is 1.61. The number of thioether (sulfide) groups is 1. The zero-order chi connectivity index (χ0) is 13.4. The highest BCUT2D eigenvalue weighted by molar-refractivity contribution is 8.00. The standard InChI is InChI=1S/C13H22N2O2S/c1-3-17-10-4-5-12(16)15-8-6-13(11-14,18-2)7-9-15/h3-10H2,1-2H3. The fraction of sp³-hybridized carbons (Fsp3) is 0.846. The Labute approximate surface area is 114 Å². The number of nitriles is 1. The van der Waals surface area contributed by atoms with E-state index in [1.165, 1.54) is 0 Å². The molecule has 5 heteroatoms. The monoisotopic (exact) mass is 270 g/mol. The molecule has 0 bridgehead atoms. The fourth-order valence-electron chi connectivity index (χ4n) is 2.11. The molecule has 0 aromatic carbocycles. The number of likely N-dealkylation sites (tertiary alicyclic amines) is 1. The van der Waals surface area contributed by atoms with E-state index >= 15 is 0 Å². The van der Waals surface area contributed by atoms with Crippen LogP contribution in [0.3, 0.4) is 0 Å². The van der Waals surface area contributed by atoms with Crippen molar-refractivity contribution < 1.29 is 9.53 Å². The molecular formula is C13H22N2O2S. The van der Waals surface area contributed by atoms with Crippen LogP contribution in [0.1, 0.15) is 32.6 Å². The number of hydrogen-bond acceptors (Lipinski definition) is 4. The molecule has 0 N–H and O–H groups in total. The van der Waals surface area contributed by atoms with Crippen LogP contribution in [0.2, 0.25) is 0 Å². The third kappa shape index (κ3) is 4.18. The van der Waals surface area contributed by atoms with Crippen molar-refractivity contribution in [1.29, 1.82) is 5.26 Å². The number of amides is 1. The first kappa shape index (κ1) is 15.3. The summed E-state index contributed by atoms with van der Waals surface area (Å²) in [7, 11) is 0. The van der Waals surface area contributed by atoms with E-state index in [1.54, 1.807) is 11.8 Å². The number of carbonyl (C=O) groups is 1. The molecule has 102 valence electrons. The summed E-state index contributed by atoms with van der Waals surface area (Å²) in [5.41, 5.74) is 0. The van der Waals surface area contributed by atoms with Crippen LogP contribution in [-0.4, -0.2) is 48.1 Å². The molecule has 0 unspecified atom stereocenters. The van der Waals surface area contributed by atoms with Crippen LogP contribution in [-0.2, 0) is 9.53 Å². The second-order valence-electron chi connectivity index (χ2n) is 4.49. The minimum atomic E-state index is -0.276. The van der Waals surface area contributed by atoms with Gasteiger partial charge in [-0.3, -0.25) is 4.79 Å². The summed E-state index contributed by atoms with van der Waals surface area (Å²) in [6.45, 7) is 4.74. The zero-order valence-corrected chi connectivity index (χ0v) is 12.1. The molecular weight excluding hydrogens is 248 g/mol. The van der Waals surface area contributed by atoms with Gasteiger partial charge in [-0.15, -0.1) is 11.8 Å². The summed E-state index contributed by atoms with van der Waals surface area (Å²) < 4.78 is 4.95. The Morgan fingerprint density at radius 2 is 2.17 bits per heavy atom. The second-order valence-corrected chi connectivity index (χ2v) is 5.68. The van der Waals surface area contributed by atoms with Gasteiger partial charge in [-0.25, -0.2) is 0 Å². The van der Waals surface area contributed by atoms with Crippen LogP contribution < -0.4 is 0 Å². The Kier molecular flexibility index (Phi) is 6.51. The first-order chi connectivity index (χ1) is 8.67. The maximum absolute atomic E-state index is 11.9. The van der Waals surface area contributed by atoms with Crippen LogP contribution in [0.15, 0.2) is 0 Å². The highest BCUT2D eigenvalue weighted by Crippen LogP contribution is 2.33. The van der Waals surface area contributed by atoms with E-state index in [9.17, 15) is 10.1 Å². The Bertz CT molecular complexity index is 307. The molecule has 1 aliphatic heterocycles. The fourth-order valence-corrected chi connectivity index (χ4v) is 2.79. The first-order valence-corrected chi connectivity index (χ1v) is 7.72. The van der Waals surface area contributed by atoms with Gasteiger partial charge in [-0.1, -0.05) is 0 Å². The lowest BCUT2D eigenvalue weighted by molar-refractivity contribution is -0.132. The van der Waals surface area contributed by atoms with Gasteiger partial charge in [0.05, 0.1) is 6.07 Å². The number of carbonyl (C=O) groups excluding carboxylic acids is 1. The largest absolute Gasteiger partial charge is 0.382 e. The van der Waals surface area contributed by atoms with Crippen LogP contribution in [0, 0.1) is 11.3 Å². The Morgan fingerprint density at radius 1 is 1.50 bits per heavy atom. The van der Waals surface area contributed by atoms with E-state index in [-0.39, 0.29) is 10.7 Å². The molecule has 0 aliphatic carbocycles. The highest BCUT2D eigenvalue weighted by atomic mass is 32.2. The SMILES string of the molecule is CCOCCCC(=O)N1CCC(C#N)(SC)CC1. The predicted octanol–water partition coefficient (Wildman–Crippen LogP) is 2.05. The molecule has 0 spiro atoms. The third-order valence-electron chi connectivity index (χ3n) is 3.40. The van der Waals surface area contributed by atoms with Crippen LogP contribution in [0.25, 0.3) is 0 Å². The van der Waals surface area contributed by atoms with E-state index in [2.05, 4.69) is 6.07 Å². The van der Waals surface area contributed by atoms with Crippen LogP contribution in [0.5, 0.6) is 0 Å². The van der Waals surface area contributed by atoms with Gasteiger partial charge in [0.25, 0.3) is 0 Å². The Hall–Kier alpha value is -0.730. The van der Waals surface area contributed by atoms with Crippen molar-refractivity contribution in [2.24, 2.45) is 0 Å².